The van der Waals surface area contributed by atoms with Gasteiger partial charge in [-0.15, -0.1) is 0 Å². The molecule has 2 rings (SSSR count). The van der Waals surface area contributed by atoms with Crippen molar-refractivity contribution in [3.05, 3.63) is 36.1 Å². The molecule has 1 N–H and O–H groups in total. The number of hydrogen-bond donors (Lipinski definition) is 1. The second kappa shape index (κ2) is 3.53. The van der Waals surface area contributed by atoms with Gasteiger partial charge in [0.15, 0.2) is 0 Å². The van der Waals surface area contributed by atoms with E-state index in [9.17, 15) is 5.11 Å². The SMILES string of the molecule is OC(C1=CCCO1)c1cncnc1. The summed E-state index contributed by atoms with van der Waals surface area (Å²) < 4.78 is 5.22. The molecule has 0 fully saturated rings. The summed E-state index contributed by atoms with van der Waals surface area (Å²) >= 11 is 0. The number of aliphatic hydroxyl groups excluding tert-OH is 1. The Balaban J connectivity index is 2.17. The number of nitrogens with zero attached hydrogens (tertiary/aromatic N) is 2. The Morgan fingerprint density at radius 2 is 2.15 bits per heavy atom. The van der Waals surface area contributed by atoms with Crippen molar-refractivity contribution in [2.24, 2.45) is 0 Å². The maximum atomic E-state index is 9.75. The fourth-order valence-electron chi connectivity index (χ4n) is 1.24. The zero-order valence-electron chi connectivity index (χ0n) is 7.05. The van der Waals surface area contributed by atoms with E-state index in [-0.39, 0.29) is 0 Å². The van der Waals surface area contributed by atoms with Crippen molar-refractivity contribution in [2.45, 2.75) is 12.5 Å². The Hall–Kier alpha value is -1.42. The average molecular weight is 178 g/mol. The van der Waals surface area contributed by atoms with Gasteiger partial charge in [0.1, 0.15) is 18.2 Å². The van der Waals surface area contributed by atoms with E-state index in [0.717, 1.165) is 6.42 Å². The van der Waals surface area contributed by atoms with Crippen molar-refractivity contribution in [3.63, 3.8) is 0 Å². The molecule has 1 aliphatic rings. The fraction of sp³-hybridized carbons (Fsp3) is 0.333. The number of aliphatic hydroxyl groups is 1. The van der Waals surface area contributed by atoms with E-state index in [4.69, 9.17) is 4.74 Å². The number of rotatable bonds is 2. The molecule has 68 valence electrons. The summed E-state index contributed by atoms with van der Waals surface area (Å²) in [6.07, 6.45) is 6.63. The quantitative estimate of drug-likeness (QED) is 0.728. The molecular weight excluding hydrogens is 168 g/mol. The Kier molecular flexibility index (Phi) is 2.23. The molecule has 1 aromatic heterocycles. The molecule has 1 unspecified atom stereocenters. The zero-order valence-corrected chi connectivity index (χ0v) is 7.05. The number of aromatic nitrogens is 2. The van der Waals surface area contributed by atoms with Crippen LogP contribution in [0.4, 0.5) is 0 Å². The van der Waals surface area contributed by atoms with E-state index in [1.807, 2.05) is 6.08 Å². The fourth-order valence-corrected chi connectivity index (χ4v) is 1.24. The lowest BCUT2D eigenvalue weighted by atomic mass is 10.1. The average Bonchev–Trinajstić information content (AvgIpc) is 2.71. The lowest BCUT2D eigenvalue weighted by Crippen LogP contribution is -2.02. The first-order chi connectivity index (χ1) is 6.38. The highest BCUT2D eigenvalue weighted by molar-refractivity contribution is 5.18. The van der Waals surface area contributed by atoms with Gasteiger partial charge in [-0.2, -0.15) is 0 Å². The summed E-state index contributed by atoms with van der Waals surface area (Å²) in [7, 11) is 0. The smallest absolute Gasteiger partial charge is 0.139 e. The minimum Gasteiger partial charge on any atom is -0.495 e. The molecule has 2 heterocycles. The van der Waals surface area contributed by atoms with Gasteiger partial charge in [-0.3, -0.25) is 0 Å². The van der Waals surface area contributed by atoms with Crippen LogP contribution >= 0.6 is 0 Å². The van der Waals surface area contributed by atoms with Gasteiger partial charge in [-0.05, 0) is 6.08 Å². The van der Waals surface area contributed by atoms with Gasteiger partial charge in [-0.1, -0.05) is 0 Å². The van der Waals surface area contributed by atoms with Gasteiger partial charge in [0.2, 0.25) is 0 Å². The summed E-state index contributed by atoms with van der Waals surface area (Å²) in [5.41, 5.74) is 0.663. The highest BCUT2D eigenvalue weighted by Gasteiger charge is 2.17. The van der Waals surface area contributed by atoms with Crippen LogP contribution in [0.1, 0.15) is 18.1 Å². The van der Waals surface area contributed by atoms with Crippen LogP contribution in [-0.2, 0) is 4.74 Å². The molecule has 0 aromatic carbocycles. The second-order valence-electron chi connectivity index (χ2n) is 2.82. The molecule has 13 heavy (non-hydrogen) atoms. The van der Waals surface area contributed by atoms with Crippen molar-refractivity contribution in [1.82, 2.24) is 9.97 Å². The lowest BCUT2D eigenvalue weighted by Gasteiger charge is -2.10. The Morgan fingerprint density at radius 3 is 2.77 bits per heavy atom. The minimum absolute atomic E-state index is 0.606. The summed E-state index contributed by atoms with van der Waals surface area (Å²) in [4.78, 5) is 7.65. The summed E-state index contributed by atoms with van der Waals surface area (Å²) in [6.45, 7) is 0.653. The predicted molar refractivity (Wildman–Crippen MR) is 45.6 cm³/mol. The predicted octanol–water partition coefficient (Wildman–Crippen LogP) is 0.814. The summed E-state index contributed by atoms with van der Waals surface area (Å²) in [5.74, 6) is 0.606. The Bertz CT molecular complexity index is 311. The molecule has 0 saturated heterocycles. The summed E-state index contributed by atoms with van der Waals surface area (Å²) in [5, 5.41) is 9.75. The monoisotopic (exact) mass is 178 g/mol. The Morgan fingerprint density at radius 1 is 1.38 bits per heavy atom. The first kappa shape index (κ1) is 8.19. The van der Waals surface area contributed by atoms with Gasteiger partial charge >= 0.3 is 0 Å². The van der Waals surface area contributed by atoms with E-state index in [0.29, 0.717) is 17.9 Å². The third-order valence-corrected chi connectivity index (χ3v) is 1.90. The van der Waals surface area contributed by atoms with E-state index in [2.05, 4.69) is 9.97 Å². The molecule has 4 heteroatoms. The lowest BCUT2D eigenvalue weighted by molar-refractivity contribution is 0.118. The largest absolute Gasteiger partial charge is 0.495 e. The van der Waals surface area contributed by atoms with E-state index < -0.39 is 6.10 Å². The molecule has 0 radical (unpaired) electrons. The first-order valence-electron chi connectivity index (χ1n) is 4.14. The minimum atomic E-state index is -0.719. The molecule has 0 bridgehead atoms. The van der Waals surface area contributed by atoms with E-state index >= 15 is 0 Å². The molecule has 0 aliphatic carbocycles. The van der Waals surface area contributed by atoms with Crippen molar-refractivity contribution < 1.29 is 9.84 Å². The highest BCUT2D eigenvalue weighted by atomic mass is 16.5. The molecule has 1 atom stereocenters. The van der Waals surface area contributed by atoms with Gasteiger partial charge < -0.3 is 9.84 Å². The van der Waals surface area contributed by atoms with Crippen molar-refractivity contribution in [1.29, 1.82) is 0 Å². The standard InChI is InChI=1S/C9H10N2O2/c12-9(8-2-1-3-13-8)7-4-10-6-11-5-7/h2,4-6,9,12H,1,3H2. The van der Waals surface area contributed by atoms with Crippen LogP contribution in [-0.4, -0.2) is 21.7 Å². The topological polar surface area (TPSA) is 55.2 Å². The van der Waals surface area contributed by atoms with Gasteiger partial charge in [0, 0.05) is 24.4 Å². The maximum Gasteiger partial charge on any atom is 0.139 e. The highest BCUT2D eigenvalue weighted by Crippen LogP contribution is 2.24. The van der Waals surface area contributed by atoms with Crippen LogP contribution in [0.2, 0.25) is 0 Å². The zero-order chi connectivity index (χ0) is 9.10. The first-order valence-corrected chi connectivity index (χ1v) is 4.14. The van der Waals surface area contributed by atoms with Gasteiger partial charge in [-0.25, -0.2) is 9.97 Å². The van der Waals surface area contributed by atoms with Gasteiger partial charge in [0.25, 0.3) is 0 Å². The van der Waals surface area contributed by atoms with Crippen LogP contribution in [0.15, 0.2) is 30.6 Å². The van der Waals surface area contributed by atoms with Crippen LogP contribution in [0.5, 0.6) is 0 Å². The van der Waals surface area contributed by atoms with Crippen LogP contribution < -0.4 is 0 Å². The molecular formula is C9H10N2O2. The number of ether oxygens (including phenoxy) is 1. The molecule has 0 spiro atoms. The third kappa shape index (κ3) is 1.67. The van der Waals surface area contributed by atoms with Crippen LogP contribution in [0.25, 0.3) is 0 Å². The van der Waals surface area contributed by atoms with Crippen molar-refractivity contribution >= 4 is 0 Å². The number of hydrogen-bond acceptors (Lipinski definition) is 4. The van der Waals surface area contributed by atoms with E-state index in [1.165, 1.54) is 6.33 Å². The molecule has 0 saturated carbocycles. The third-order valence-electron chi connectivity index (χ3n) is 1.90. The molecule has 1 aromatic rings. The Labute approximate surface area is 75.9 Å². The normalized spacial score (nSPS) is 17.8. The van der Waals surface area contributed by atoms with Crippen molar-refractivity contribution in [2.75, 3.05) is 6.61 Å². The molecule has 0 amide bonds. The second-order valence-corrected chi connectivity index (χ2v) is 2.82. The molecule has 4 nitrogen and oxygen atoms in total. The van der Waals surface area contributed by atoms with Gasteiger partial charge in [0.05, 0.1) is 6.61 Å². The van der Waals surface area contributed by atoms with Crippen LogP contribution in [0.3, 0.4) is 0 Å². The van der Waals surface area contributed by atoms with Crippen molar-refractivity contribution in [3.8, 4) is 0 Å². The summed E-state index contributed by atoms with van der Waals surface area (Å²) in [6, 6.07) is 0. The van der Waals surface area contributed by atoms with E-state index in [1.54, 1.807) is 12.4 Å². The van der Waals surface area contributed by atoms with Crippen LogP contribution in [0, 0.1) is 0 Å². The molecule has 1 aliphatic heterocycles. The maximum absolute atomic E-state index is 9.75.